The van der Waals surface area contributed by atoms with Gasteiger partial charge in [0, 0.05) is 13.7 Å². The summed E-state index contributed by atoms with van der Waals surface area (Å²) >= 11 is 0. The predicted molar refractivity (Wildman–Crippen MR) is 21.0 cm³/mol. The Hall–Kier alpha value is 1.07. The molecule has 0 amide bonds. The van der Waals surface area contributed by atoms with Crippen LogP contribution in [0.3, 0.4) is 0 Å². The van der Waals surface area contributed by atoms with Gasteiger partial charge < -0.3 is 10.5 Å². The summed E-state index contributed by atoms with van der Waals surface area (Å²) < 4.78 is 4.07. The molecule has 0 aliphatic rings. The van der Waals surface area contributed by atoms with Gasteiger partial charge in [0.1, 0.15) is 0 Å². The van der Waals surface area contributed by atoms with Crippen LogP contribution in [0.4, 0.5) is 0 Å². The van der Waals surface area contributed by atoms with Gasteiger partial charge in [0.2, 0.25) is 0 Å². The number of carbonyl (C=O) groups excluding carboxylic acids is 1. The first kappa shape index (κ1) is 10.9. The van der Waals surface area contributed by atoms with Crippen LogP contribution in [-0.2, 0) is 9.53 Å². The molecule has 4 heteroatoms. The van der Waals surface area contributed by atoms with Crippen molar-refractivity contribution in [2.45, 2.75) is 6.92 Å². The maximum atomic E-state index is 9.70. The van der Waals surface area contributed by atoms with E-state index in [-0.39, 0.29) is 58.1 Å². The zero-order valence-corrected chi connectivity index (χ0v) is 7.65. The molecular formula is C3H6KNO2. The largest absolute Gasteiger partial charge is 1.00 e. The molecule has 1 N–H and O–H groups in total. The molecule has 0 radical (unpaired) electrons. The van der Waals surface area contributed by atoms with Crippen LogP contribution in [0, 0.1) is 0 Å². The summed E-state index contributed by atoms with van der Waals surface area (Å²) in [6.45, 7) is 1.00. The molecule has 0 fully saturated rings. The second-order valence-electron chi connectivity index (χ2n) is 0.780. The van der Waals surface area contributed by atoms with Crippen molar-refractivity contribution in [3.8, 4) is 0 Å². The Balaban J connectivity index is 0. The summed E-state index contributed by atoms with van der Waals surface area (Å²) in [5.74, 6) is -0.398. The van der Waals surface area contributed by atoms with Crippen molar-refractivity contribution in [3.05, 3.63) is 5.73 Å². The zero-order valence-electron chi connectivity index (χ0n) is 4.52. The van der Waals surface area contributed by atoms with Gasteiger partial charge in [0.05, 0.1) is 0 Å². The van der Waals surface area contributed by atoms with E-state index >= 15 is 0 Å². The van der Waals surface area contributed by atoms with E-state index in [1.807, 2.05) is 0 Å². The van der Waals surface area contributed by atoms with Crippen molar-refractivity contribution in [2.24, 2.45) is 0 Å². The van der Waals surface area contributed by atoms with Crippen LogP contribution < -0.4 is 51.4 Å². The van der Waals surface area contributed by atoms with E-state index in [0.717, 1.165) is 0 Å². The Morgan fingerprint density at radius 2 is 2.29 bits per heavy atom. The molecule has 0 aromatic rings. The second kappa shape index (κ2) is 7.07. The molecule has 0 saturated heterocycles. The molecule has 0 saturated carbocycles. The molecule has 7 heavy (non-hydrogen) atoms. The van der Waals surface area contributed by atoms with Gasteiger partial charge in [-0.15, -0.1) is 0 Å². The Labute approximate surface area is 85.0 Å². The van der Waals surface area contributed by atoms with Crippen molar-refractivity contribution in [3.63, 3.8) is 0 Å². The molecule has 36 valence electrons. The molecule has 0 aliphatic heterocycles. The average Bonchev–Trinajstić information content (AvgIpc) is 1.35. The number of nitrogens with one attached hydrogen (secondary N) is 1. The van der Waals surface area contributed by atoms with Gasteiger partial charge in [-0.25, -0.2) is 0 Å². The molecule has 0 aromatic carbocycles. The number of hydrogen-bond acceptors (Lipinski definition) is 2. The van der Waals surface area contributed by atoms with E-state index < -0.39 is 5.97 Å². The van der Waals surface area contributed by atoms with Crippen LogP contribution in [0.15, 0.2) is 0 Å². The normalized spacial score (nSPS) is 6.57. The van der Waals surface area contributed by atoms with Gasteiger partial charge in [-0.1, -0.05) is 0 Å². The summed E-state index contributed by atoms with van der Waals surface area (Å²) in [7, 11) is 0. The fourth-order valence-corrected chi connectivity index (χ4v) is 0.102. The van der Waals surface area contributed by atoms with Crippen LogP contribution >= 0.6 is 0 Å². The smallest absolute Gasteiger partial charge is 0.644 e. The fraction of sp³-hybridized carbons (Fsp3) is 0.667. The van der Waals surface area contributed by atoms with E-state index in [4.69, 9.17) is 5.73 Å². The van der Waals surface area contributed by atoms with Crippen molar-refractivity contribution < 1.29 is 60.9 Å². The Bertz CT molecular complexity index is 56.9. The molecule has 0 rings (SSSR count). The summed E-state index contributed by atoms with van der Waals surface area (Å²) in [4.78, 5) is 9.70. The Morgan fingerprint density at radius 3 is 2.29 bits per heavy atom. The maximum absolute atomic E-state index is 9.70. The van der Waals surface area contributed by atoms with Crippen LogP contribution in [-0.4, -0.2) is 12.7 Å². The van der Waals surface area contributed by atoms with Crippen molar-refractivity contribution >= 4 is 5.97 Å². The standard InChI is InChI=1S/C3H6NO2.K/c1-3(5)6-2-4;/h4H,2H2,1H3;/q-1;+1. The monoisotopic (exact) mass is 127 g/mol. The maximum Gasteiger partial charge on any atom is 1.00 e. The second-order valence-corrected chi connectivity index (χ2v) is 0.780. The van der Waals surface area contributed by atoms with E-state index in [0.29, 0.717) is 0 Å². The van der Waals surface area contributed by atoms with Gasteiger partial charge in [0.25, 0.3) is 0 Å². The van der Waals surface area contributed by atoms with Crippen LogP contribution in [0.1, 0.15) is 6.92 Å². The minimum atomic E-state index is -0.398. The number of ether oxygens (including phenoxy) is 1. The van der Waals surface area contributed by atoms with E-state index in [1.54, 1.807) is 0 Å². The molecule has 0 unspecified atom stereocenters. The quantitative estimate of drug-likeness (QED) is 0.290. The minimum Gasteiger partial charge on any atom is -0.644 e. The molecule has 3 nitrogen and oxygen atoms in total. The number of rotatable bonds is 1. The summed E-state index contributed by atoms with van der Waals surface area (Å²) in [5.41, 5.74) is 6.29. The molecule has 0 spiro atoms. The molecule has 0 aliphatic carbocycles. The number of hydrogen-bond donors (Lipinski definition) is 0. The summed E-state index contributed by atoms with van der Waals surface area (Å²) in [6.07, 6.45) is 0. The van der Waals surface area contributed by atoms with Crippen LogP contribution in [0.2, 0.25) is 0 Å². The summed E-state index contributed by atoms with van der Waals surface area (Å²) in [6, 6.07) is 0. The minimum absolute atomic E-state index is 0. The number of esters is 1. The predicted octanol–water partition coefficient (Wildman–Crippen LogP) is -2.44. The molecular weight excluding hydrogens is 121 g/mol. The van der Waals surface area contributed by atoms with E-state index in [9.17, 15) is 4.79 Å². The Kier molecular flexibility index (Phi) is 11.0. The first-order valence-corrected chi connectivity index (χ1v) is 1.55. The number of carbonyl (C=O) groups is 1. The van der Waals surface area contributed by atoms with Gasteiger partial charge in [-0.3, -0.25) is 4.79 Å². The van der Waals surface area contributed by atoms with Crippen LogP contribution in [0.5, 0.6) is 0 Å². The van der Waals surface area contributed by atoms with Crippen molar-refractivity contribution in [1.29, 1.82) is 0 Å². The molecule has 0 heterocycles. The van der Waals surface area contributed by atoms with Gasteiger partial charge in [-0.2, -0.15) is 0 Å². The van der Waals surface area contributed by atoms with Crippen molar-refractivity contribution in [1.82, 2.24) is 0 Å². The third-order valence-electron chi connectivity index (χ3n) is 0.275. The van der Waals surface area contributed by atoms with E-state index in [1.165, 1.54) is 6.92 Å². The molecule has 0 atom stereocenters. The third-order valence-corrected chi connectivity index (χ3v) is 0.275. The topological polar surface area (TPSA) is 50.1 Å². The van der Waals surface area contributed by atoms with Gasteiger partial charge in [-0.05, 0) is 0 Å². The first-order chi connectivity index (χ1) is 2.77. The average molecular weight is 127 g/mol. The molecule has 0 aromatic heterocycles. The van der Waals surface area contributed by atoms with Gasteiger partial charge in [0.15, 0.2) is 0 Å². The zero-order chi connectivity index (χ0) is 4.99. The molecule has 0 bridgehead atoms. The Morgan fingerprint density at radius 1 is 1.86 bits per heavy atom. The first-order valence-electron chi connectivity index (χ1n) is 1.55. The van der Waals surface area contributed by atoms with E-state index in [2.05, 4.69) is 4.74 Å². The SMILES string of the molecule is CC(=O)OC[NH-].[K+]. The summed E-state index contributed by atoms with van der Waals surface area (Å²) in [5, 5.41) is 0. The fourth-order valence-electron chi connectivity index (χ4n) is 0.102. The van der Waals surface area contributed by atoms with Crippen molar-refractivity contribution in [2.75, 3.05) is 6.73 Å². The van der Waals surface area contributed by atoms with Crippen LogP contribution in [0.25, 0.3) is 5.73 Å². The van der Waals surface area contributed by atoms with Gasteiger partial charge >= 0.3 is 57.4 Å². The third kappa shape index (κ3) is 11.0.